The molecule has 0 aliphatic carbocycles. The number of fused-ring (bicyclic) bond motifs is 2. The zero-order valence-electron chi connectivity index (χ0n) is 16.1. The van der Waals surface area contributed by atoms with E-state index in [0.717, 1.165) is 36.7 Å². The number of aromatic nitrogens is 2. The molecule has 0 radical (unpaired) electrons. The molecule has 2 aromatic carbocycles. The molecular formula is C16H10F2N2Na2O7P2. The van der Waals surface area contributed by atoms with Crippen LogP contribution in [-0.4, -0.2) is 9.97 Å². The van der Waals surface area contributed by atoms with Crippen LogP contribution >= 0.6 is 15.6 Å². The van der Waals surface area contributed by atoms with E-state index in [-0.39, 0.29) is 92.4 Å². The minimum Gasteiger partial charge on any atom is -0.746 e. The van der Waals surface area contributed by atoms with Crippen LogP contribution in [-0.2, 0) is 13.4 Å². The summed E-state index contributed by atoms with van der Waals surface area (Å²) in [6, 6.07) is 6.83. The molecule has 4 aromatic rings. The molecule has 0 fully saturated rings. The maximum Gasteiger partial charge on any atom is 1.00 e. The third-order valence-electron chi connectivity index (χ3n) is 3.83. The first kappa shape index (κ1) is 26.6. The smallest absolute Gasteiger partial charge is 0.746 e. The van der Waals surface area contributed by atoms with Gasteiger partial charge in [0.2, 0.25) is 0 Å². The third-order valence-corrected chi connectivity index (χ3v) is 6.27. The minimum absolute atomic E-state index is 0. The molecule has 0 bridgehead atoms. The van der Waals surface area contributed by atoms with Gasteiger partial charge < -0.3 is 28.8 Å². The number of benzene rings is 2. The zero-order chi connectivity index (χ0) is 20.8. The van der Waals surface area contributed by atoms with Crippen molar-refractivity contribution in [3.63, 3.8) is 0 Å². The maximum atomic E-state index is 13.2. The van der Waals surface area contributed by atoms with Crippen LogP contribution in [0.25, 0.3) is 21.8 Å². The van der Waals surface area contributed by atoms with Gasteiger partial charge in [-0.1, -0.05) is 0 Å². The SMILES string of the molecule is O=P([O-])(Oc1c[nH]c2cc(F)ccc12)OP(=O)([O-])Oc1c[nH]c2cc(F)ccc12.[Na+].[Na+]. The van der Waals surface area contributed by atoms with Crippen LogP contribution < -0.4 is 77.9 Å². The van der Waals surface area contributed by atoms with E-state index in [4.69, 9.17) is 0 Å². The fraction of sp³-hybridized carbons (Fsp3) is 0. The summed E-state index contributed by atoms with van der Waals surface area (Å²) in [5.74, 6) is -1.71. The van der Waals surface area contributed by atoms with Gasteiger partial charge in [0, 0.05) is 23.2 Å². The van der Waals surface area contributed by atoms with Gasteiger partial charge in [0.25, 0.3) is 0 Å². The summed E-state index contributed by atoms with van der Waals surface area (Å²) in [4.78, 5) is 29.3. The van der Waals surface area contributed by atoms with E-state index in [1.165, 1.54) is 12.1 Å². The van der Waals surface area contributed by atoms with Crippen LogP contribution in [0.5, 0.6) is 11.5 Å². The first-order chi connectivity index (χ1) is 13.6. The number of H-pyrrole nitrogens is 2. The van der Waals surface area contributed by atoms with Gasteiger partial charge in [0.05, 0.1) is 11.0 Å². The number of hydrogen-bond acceptors (Lipinski definition) is 7. The number of phosphoric acid groups is 2. The molecule has 152 valence electrons. The molecule has 0 aliphatic heterocycles. The Kier molecular flexibility index (Phi) is 8.63. The Morgan fingerprint density at radius 1 is 0.742 bits per heavy atom. The summed E-state index contributed by atoms with van der Waals surface area (Å²) in [6.45, 7) is 0. The Morgan fingerprint density at radius 3 is 1.52 bits per heavy atom. The summed E-state index contributed by atoms with van der Waals surface area (Å²) in [7, 11) is -10.9. The predicted octanol–water partition coefficient (Wildman–Crippen LogP) is -2.65. The van der Waals surface area contributed by atoms with Gasteiger partial charge in [-0.2, -0.15) is 0 Å². The Labute approximate surface area is 217 Å². The Morgan fingerprint density at radius 2 is 1.13 bits per heavy atom. The molecule has 0 aliphatic rings. The van der Waals surface area contributed by atoms with Crippen LogP contribution in [0, 0.1) is 11.6 Å². The standard InChI is InChI=1S/C16H12F2N2O7P2.2Na/c17-9-1-3-11-13(5-9)19-7-15(11)25-28(21,22)27-29(23,24)26-16-8-20-14-6-10(18)2-4-12(14)16;;/h1-8,19-20H,(H,21,22)(H,23,24);;/q;2*+1/p-2. The van der Waals surface area contributed by atoms with Crippen molar-refractivity contribution in [1.29, 1.82) is 0 Å². The van der Waals surface area contributed by atoms with Crippen molar-refractivity contribution in [1.82, 2.24) is 9.97 Å². The quantitative estimate of drug-likeness (QED) is 0.223. The van der Waals surface area contributed by atoms with Crippen LogP contribution in [0.3, 0.4) is 0 Å². The maximum absolute atomic E-state index is 13.2. The van der Waals surface area contributed by atoms with Crippen molar-refractivity contribution in [2.75, 3.05) is 0 Å². The van der Waals surface area contributed by atoms with Gasteiger partial charge in [-0.3, -0.25) is 9.13 Å². The molecule has 0 spiro atoms. The molecule has 0 amide bonds. The number of halogens is 2. The second kappa shape index (κ2) is 10.1. The predicted molar refractivity (Wildman–Crippen MR) is 94.1 cm³/mol. The van der Waals surface area contributed by atoms with Crippen molar-refractivity contribution in [2.24, 2.45) is 0 Å². The summed E-state index contributed by atoms with van der Waals surface area (Å²) in [5, 5.41) is 0.373. The Balaban J connectivity index is 0.00000171. The minimum atomic E-state index is -5.44. The first-order valence-corrected chi connectivity index (χ1v) is 10.8. The molecule has 9 nitrogen and oxygen atoms in total. The molecular weight excluding hydrogens is 478 g/mol. The summed E-state index contributed by atoms with van der Waals surface area (Å²) in [5.41, 5.74) is 0.458. The molecule has 2 unspecified atom stereocenters. The van der Waals surface area contributed by atoms with Crippen LogP contribution in [0.2, 0.25) is 0 Å². The monoisotopic (exact) mass is 488 g/mol. The average Bonchev–Trinajstić information content (AvgIpc) is 3.16. The van der Waals surface area contributed by atoms with Crippen molar-refractivity contribution in [3.05, 3.63) is 60.4 Å². The number of phosphoric ester groups is 2. The van der Waals surface area contributed by atoms with E-state index in [9.17, 15) is 27.7 Å². The average molecular weight is 488 g/mol. The van der Waals surface area contributed by atoms with Gasteiger partial charge >= 0.3 is 74.8 Å². The third kappa shape index (κ3) is 6.22. The van der Waals surface area contributed by atoms with Gasteiger partial charge in [0.15, 0.2) is 11.5 Å². The fourth-order valence-corrected chi connectivity index (χ4v) is 4.72. The Hall–Kier alpha value is -0.680. The number of aromatic amines is 2. The summed E-state index contributed by atoms with van der Waals surface area (Å²) >= 11 is 0. The van der Waals surface area contributed by atoms with Crippen molar-refractivity contribution >= 4 is 37.5 Å². The van der Waals surface area contributed by atoms with E-state index < -0.39 is 27.3 Å². The topological polar surface area (TPSA) is 140 Å². The largest absolute Gasteiger partial charge is 1.00 e. The van der Waals surface area contributed by atoms with Crippen LogP contribution in [0.4, 0.5) is 8.78 Å². The molecule has 31 heavy (non-hydrogen) atoms. The van der Waals surface area contributed by atoms with Gasteiger partial charge in [-0.15, -0.1) is 0 Å². The molecule has 2 atom stereocenters. The molecule has 0 saturated heterocycles. The van der Waals surface area contributed by atoms with Gasteiger partial charge in [-0.05, 0) is 36.4 Å². The summed E-state index contributed by atoms with van der Waals surface area (Å²) < 4.78 is 63.9. The van der Waals surface area contributed by atoms with E-state index in [0.29, 0.717) is 0 Å². The number of nitrogens with one attached hydrogen (secondary N) is 2. The van der Waals surface area contributed by atoms with Crippen LogP contribution in [0.1, 0.15) is 0 Å². The molecule has 2 aromatic heterocycles. The zero-order valence-corrected chi connectivity index (χ0v) is 21.9. The Bertz CT molecular complexity index is 1230. The second-order valence-corrected chi connectivity index (χ2v) is 8.65. The van der Waals surface area contributed by atoms with E-state index in [2.05, 4.69) is 23.3 Å². The van der Waals surface area contributed by atoms with Crippen molar-refractivity contribution in [3.8, 4) is 11.5 Å². The van der Waals surface area contributed by atoms with Crippen molar-refractivity contribution < 1.29 is 100 Å². The normalized spacial score (nSPS) is 14.8. The molecule has 2 heterocycles. The summed E-state index contributed by atoms with van der Waals surface area (Å²) in [6.07, 6.45) is 2.20. The fourth-order valence-electron chi connectivity index (χ4n) is 2.69. The number of rotatable bonds is 6. The molecule has 2 N–H and O–H groups in total. The van der Waals surface area contributed by atoms with Gasteiger partial charge in [-0.25, -0.2) is 13.1 Å². The van der Waals surface area contributed by atoms with Crippen molar-refractivity contribution in [2.45, 2.75) is 0 Å². The van der Waals surface area contributed by atoms with E-state index in [1.54, 1.807) is 0 Å². The molecule has 0 saturated carbocycles. The van der Waals surface area contributed by atoms with Gasteiger partial charge in [0.1, 0.15) is 11.6 Å². The van der Waals surface area contributed by atoms with E-state index in [1.807, 2.05) is 0 Å². The molecule has 15 heteroatoms. The number of hydrogen-bond donors (Lipinski definition) is 2. The molecule has 4 rings (SSSR count). The van der Waals surface area contributed by atoms with E-state index >= 15 is 0 Å². The first-order valence-electron chi connectivity index (χ1n) is 7.88. The van der Waals surface area contributed by atoms with Crippen LogP contribution in [0.15, 0.2) is 48.8 Å². The second-order valence-electron chi connectivity index (χ2n) is 5.84.